The molecule has 0 atom stereocenters. The van der Waals surface area contributed by atoms with Crippen molar-refractivity contribution in [1.82, 2.24) is 19.8 Å². The minimum Gasteiger partial charge on any atom is -0.342 e. The van der Waals surface area contributed by atoms with Gasteiger partial charge in [-0.25, -0.2) is 9.97 Å². The lowest BCUT2D eigenvalue weighted by molar-refractivity contribution is -0.119. The second kappa shape index (κ2) is 7.88. The summed E-state index contributed by atoms with van der Waals surface area (Å²) in [6, 6.07) is 6.65. The van der Waals surface area contributed by atoms with E-state index in [4.69, 9.17) is 23.2 Å². The first-order valence-corrected chi connectivity index (χ1v) is 8.78. The fourth-order valence-electron chi connectivity index (χ4n) is 2.64. The number of amides is 2. The molecule has 1 aliphatic heterocycles. The molecule has 9 heteroatoms. The van der Waals surface area contributed by atoms with Gasteiger partial charge in [0.05, 0.1) is 10.7 Å². The van der Waals surface area contributed by atoms with Crippen LogP contribution >= 0.6 is 23.2 Å². The largest absolute Gasteiger partial charge is 0.342 e. The number of hydrogen-bond donors (Lipinski definition) is 1. The minimum absolute atomic E-state index is 0.193. The Bertz CT molecular complexity index is 838. The Labute approximate surface area is 160 Å². The van der Waals surface area contributed by atoms with Gasteiger partial charge in [-0.05, 0) is 31.2 Å². The number of anilines is 2. The third-order valence-electron chi connectivity index (χ3n) is 4.00. The highest BCUT2D eigenvalue weighted by Crippen LogP contribution is 2.27. The molecule has 1 N–H and O–H groups in total. The zero-order valence-electron chi connectivity index (χ0n) is 14.1. The fourth-order valence-corrected chi connectivity index (χ4v) is 2.98. The zero-order valence-corrected chi connectivity index (χ0v) is 15.6. The molecule has 0 spiro atoms. The number of carbonyl (C=O) groups is 2. The van der Waals surface area contributed by atoms with Gasteiger partial charge in [0, 0.05) is 36.9 Å². The molecule has 1 aliphatic rings. The van der Waals surface area contributed by atoms with Gasteiger partial charge in [0.25, 0.3) is 5.91 Å². The summed E-state index contributed by atoms with van der Waals surface area (Å²) >= 11 is 12.1. The highest BCUT2D eigenvalue weighted by atomic mass is 35.5. The first-order chi connectivity index (χ1) is 12.5. The first-order valence-electron chi connectivity index (χ1n) is 8.02. The van der Waals surface area contributed by atoms with Crippen molar-refractivity contribution < 1.29 is 9.59 Å². The van der Waals surface area contributed by atoms with E-state index in [1.807, 2.05) is 0 Å². The van der Waals surface area contributed by atoms with E-state index in [-0.39, 0.29) is 17.5 Å². The molecule has 0 aliphatic carbocycles. The van der Waals surface area contributed by atoms with Gasteiger partial charge in [-0.15, -0.1) is 0 Å². The molecule has 1 fully saturated rings. The van der Waals surface area contributed by atoms with E-state index in [0.717, 1.165) is 6.41 Å². The second-order valence-electron chi connectivity index (χ2n) is 5.90. The van der Waals surface area contributed by atoms with Crippen molar-refractivity contribution >= 4 is 47.2 Å². The van der Waals surface area contributed by atoms with E-state index in [2.05, 4.69) is 15.3 Å². The Hall–Kier alpha value is -2.38. The normalized spacial score (nSPS) is 14.3. The average Bonchev–Trinajstić information content (AvgIpc) is 2.64. The van der Waals surface area contributed by atoms with Crippen LogP contribution in [0.25, 0.3) is 0 Å². The van der Waals surface area contributed by atoms with Crippen molar-refractivity contribution in [2.75, 3.05) is 31.5 Å². The molecule has 1 aromatic carbocycles. The van der Waals surface area contributed by atoms with Gasteiger partial charge in [-0.3, -0.25) is 9.59 Å². The Morgan fingerprint density at radius 1 is 1.15 bits per heavy atom. The number of aromatic nitrogens is 2. The third kappa shape index (κ3) is 4.23. The SMILES string of the molecule is Cc1cc(C(=O)N2CCN(C=O)CC2)nc(Nc2cc(Cl)ccc2Cl)n1. The number of halogens is 2. The number of aryl methyl sites for hydroxylation is 1. The molecule has 2 heterocycles. The zero-order chi connectivity index (χ0) is 18.7. The van der Waals surface area contributed by atoms with E-state index in [9.17, 15) is 9.59 Å². The molecule has 1 saturated heterocycles. The molecule has 2 aromatic rings. The molecule has 3 rings (SSSR count). The van der Waals surface area contributed by atoms with Crippen LogP contribution in [0.5, 0.6) is 0 Å². The van der Waals surface area contributed by atoms with Crippen LogP contribution in [0.3, 0.4) is 0 Å². The number of piperazine rings is 1. The van der Waals surface area contributed by atoms with Gasteiger partial charge in [-0.1, -0.05) is 23.2 Å². The number of hydrogen-bond acceptors (Lipinski definition) is 5. The van der Waals surface area contributed by atoms with Gasteiger partial charge in [0.1, 0.15) is 5.69 Å². The lowest BCUT2D eigenvalue weighted by Crippen LogP contribution is -2.48. The van der Waals surface area contributed by atoms with Crippen LogP contribution in [0.1, 0.15) is 16.2 Å². The van der Waals surface area contributed by atoms with Gasteiger partial charge < -0.3 is 15.1 Å². The molecule has 136 valence electrons. The number of carbonyl (C=O) groups excluding carboxylic acids is 2. The first kappa shape index (κ1) is 18.4. The van der Waals surface area contributed by atoms with Gasteiger partial charge in [0.15, 0.2) is 0 Å². The average molecular weight is 394 g/mol. The molecule has 0 saturated carbocycles. The molecular formula is C17H17Cl2N5O2. The van der Waals surface area contributed by atoms with Crippen LogP contribution in [0.15, 0.2) is 24.3 Å². The molecule has 2 amide bonds. The molecule has 1 aromatic heterocycles. The molecule has 7 nitrogen and oxygen atoms in total. The molecule has 26 heavy (non-hydrogen) atoms. The predicted octanol–water partition coefficient (Wildman–Crippen LogP) is 2.75. The Morgan fingerprint density at radius 2 is 1.88 bits per heavy atom. The van der Waals surface area contributed by atoms with E-state index in [0.29, 0.717) is 47.6 Å². The quantitative estimate of drug-likeness (QED) is 0.807. The lowest BCUT2D eigenvalue weighted by Gasteiger charge is -2.32. The number of benzene rings is 1. The van der Waals surface area contributed by atoms with E-state index in [1.165, 1.54) is 0 Å². The summed E-state index contributed by atoms with van der Waals surface area (Å²) in [5.74, 6) is 0.0744. The number of rotatable bonds is 4. The summed E-state index contributed by atoms with van der Waals surface area (Å²) in [4.78, 5) is 35.5. The number of nitrogens with zero attached hydrogens (tertiary/aromatic N) is 4. The van der Waals surface area contributed by atoms with Gasteiger partial charge in [0.2, 0.25) is 12.4 Å². The van der Waals surface area contributed by atoms with Crippen LogP contribution in [0.4, 0.5) is 11.6 Å². The molecule has 0 radical (unpaired) electrons. The number of nitrogens with one attached hydrogen (secondary N) is 1. The maximum absolute atomic E-state index is 12.7. The predicted molar refractivity (Wildman–Crippen MR) is 100 cm³/mol. The summed E-state index contributed by atoms with van der Waals surface area (Å²) in [5, 5.41) is 4.00. The molecule has 0 bridgehead atoms. The van der Waals surface area contributed by atoms with E-state index >= 15 is 0 Å². The summed E-state index contributed by atoms with van der Waals surface area (Å²) < 4.78 is 0. The van der Waals surface area contributed by atoms with Crippen molar-refractivity contribution in [2.45, 2.75) is 6.92 Å². The van der Waals surface area contributed by atoms with Crippen LogP contribution in [0, 0.1) is 6.92 Å². The summed E-state index contributed by atoms with van der Waals surface area (Å²) in [7, 11) is 0. The van der Waals surface area contributed by atoms with Crippen LogP contribution < -0.4 is 5.32 Å². The highest BCUT2D eigenvalue weighted by molar-refractivity contribution is 6.35. The Morgan fingerprint density at radius 3 is 2.58 bits per heavy atom. The van der Waals surface area contributed by atoms with E-state index in [1.54, 1.807) is 41.0 Å². The third-order valence-corrected chi connectivity index (χ3v) is 4.56. The Kier molecular flexibility index (Phi) is 5.58. The van der Waals surface area contributed by atoms with Crippen LogP contribution in [0.2, 0.25) is 10.0 Å². The minimum atomic E-state index is -0.193. The van der Waals surface area contributed by atoms with Crippen molar-refractivity contribution in [3.05, 3.63) is 45.7 Å². The maximum Gasteiger partial charge on any atom is 0.272 e. The molecular weight excluding hydrogens is 377 g/mol. The smallest absolute Gasteiger partial charge is 0.272 e. The highest BCUT2D eigenvalue weighted by Gasteiger charge is 2.23. The van der Waals surface area contributed by atoms with Crippen LogP contribution in [-0.2, 0) is 4.79 Å². The van der Waals surface area contributed by atoms with Crippen molar-refractivity contribution in [1.29, 1.82) is 0 Å². The van der Waals surface area contributed by atoms with Crippen molar-refractivity contribution in [2.24, 2.45) is 0 Å². The van der Waals surface area contributed by atoms with Gasteiger partial charge >= 0.3 is 0 Å². The maximum atomic E-state index is 12.7. The van der Waals surface area contributed by atoms with E-state index < -0.39 is 0 Å². The summed E-state index contributed by atoms with van der Waals surface area (Å²) in [6.45, 7) is 3.77. The standard InChI is InChI=1S/C17H17Cl2N5O2/c1-11-8-15(16(26)24-6-4-23(10-25)5-7-24)22-17(20-11)21-14-9-12(18)2-3-13(14)19/h2-3,8-10H,4-7H2,1H3,(H,20,21,22). The molecule has 0 unspecified atom stereocenters. The lowest BCUT2D eigenvalue weighted by atomic mass is 10.2. The van der Waals surface area contributed by atoms with Gasteiger partial charge in [-0.2, -0.15) is 0 Å². The van der Waals surface area contributed by atoms with Crippen molar-refractivity contribution in [3.63, 3.8) is 0 Å². The fraction of sp³-hybridized carbons (Fsp3) is 0.294. The summed E-state index contributed by atoms with van der Waals surface area (Å²) in [6.07, 6.45) is 0.799. The monoisotopic (exact) mass is 393 g/mol. The summed E-state index contributed by atoms with van der Waals surface area (Å²) in [5.41, 5.74) is 1.50. The Balaban J connectivity index is 1.80. The second-order valence-corrected chi connectivity index (χ2v) is 6.74. The van der Waals surface area contributed by atoms with Crippen LogP contribution in [-0.4, -0.2) is 58.3 Å². The van der Waals surface area contributed by atoms with Crippen molar-refractivity contribution in [3.8, 4) is 0 Å². The topological polar surface area (TPSA) is 78.4 Å².